The first-order valence-corrected chi connectivity index (χ1v) is 12.7. The molecule has 0 saturated heterocycles. The Kier molecular flexibility index (Phi) is 8.67. The molecular weight excluding hydrogens is 462 g/mol. The fraction of sp³-hybridized carbons (Fsp3) is 0.357. The number of hydrogen-bond acceptors (Lipinski definition) is 6. The molecular formula is C28H33NO5S. The number of methoxy groups -OCH3 is 3. The summed E-state index contributed by atoms with van der Waals surface area (Å²) in [7, 11) is 4.75. The van der Waals surface area contributed by atoms with E-state index >= 15 is 0 Å². The van der Waals surface area contributed by atoms with Crippen LogP contribution in [0.2, 0.25) is 0 Å². The first-order valence-electron chi connectivity index (χ1n) is 11.5. The van der Waals surface area contributed by atoms with Gasteiger partial charge in [0, 0.05) is 11.1 Å². The molecule has 7 heteroatoms. The molecule has 35 heavy (non-hydrogen) atoms. The molecule has 0 fully saturated rings. The molecule has 2 aromatic carbocycles. The molecule has 0 radical (unpaired) electrons. The molecule has 0 bridgehead atoms. The van der Waals surface area contributed by atoms with Crippen molar-refractivity contribution in [3.63, 3.8) is 0 Å². The van der Waals surface area contributed by atoms with Gasteiger partial charge < -0.3 is 19.5 Å². The largest absolute Gasteiger partial charge is 0.493 e. The first-order chi connectivity index (χ1) is 16.8. The number of aryl methyl sites for hydroxylation is 1. The Morgan fingerprint density at radius 1 is 1.17 bits per heavy atom. The molecule has 1 aliphatic rings. The van der Waals surface area contributed by atoms with Crippen LogP contribution in [0.3, 0.4) is 0 Å². The topological polar surface area (TPSA) is 73.9 Å². The van der Waals surface area contributed by atoms with Gasteiger partial charge in [0.25, 0.3) is 0 Å². The summed E-state index contributed by atoms with van der Waals surface area (Å²) in [6.45, 7) is 7.71. The van der Waals surface area contributed by atoms with E-state index in [1.165, 1.54) is 11.8 Å². The van der Waals surface area contributed by atoms with Crippen molar-refractivity contribution in [3.8, 4) is 28.4 Å². The van der Waals surface area contributed by atoms with E-state index < -0.39 is 0 Å². The van der Waals surface area contributed by atoms with Crippen molar-refractivity contribution in [1.29, 1.82) is 0 Å². The van der Waals surface area contributed by atoms with E-state index in [1.54, 1.807) is 33.5 Å². The average molecular weight is 496 g/mol. The van der Waals surface area contributed by atoms with Crippen molar-refractivity contribution in [2.75, 3.05) is 27.6 Å². The molecule has 0 unspecified atom stereocenters. The summed E-state index contributed by atoms with van der Waals surface area (Å²) in [5, 5.41) is 3.18. The SMILES string of the molecule is C=C(C)C=C(CC)C(=O)N[C@H]1CCc2cc(OC)c(OC)c(OC)c2-c2ccc(SC)c(=O)cc21. The summed E-state index contributed by atoms with van der Waals surface area (Å²) in [6.07, 6.45) is 5.50. The Morgan fingerprint density at radius 3 is 2.46 bits per heavy atom. The molecule has 3 rings (SSSR count). The van der Waals surface area contributed by atoms with Crippen molar-refractivity contribution in [1.82, 2.24) is 5.32 Å². The molecule has 0 heterocycles. The summed E-state index contributed by atoms with van der Waals surface area (Å²) in [6, 6.07) is 6.98. The fourth-order valence-corrected chi connectivity index (χ4v) is 4.96. The maximum absolute atomic E-state index is 13.2. The molecule has 6 nitrogen and oxygen atoms in total. The van der Waals surface area contributed by atoms with Gasteiger partial charge in [-0.15, -0.1) is 11.8 Å². The van der Waals surface area contributed by atoms with E-state index in [0.717, 1.165) is 27.8 Å². The van der Waals surface area contributed by atoms with Gasteiger partial charge in [-0.3, -0.25) is 9.59 Å². The highest BCUT2D eigenvalue weighted by atomic mass is 32.2. The monoisotopic (exact) mass is 495 g/mol. The zero-order chi connectivity index (χ0) is 25.7. The van der Waals surface area contributed by atoms with Gasteiger partial charge in [0.1, 0.15) is 0 Å². The van der Waals surface area contributed by atoms with Crippen LogP contribution in [0.25, 0.3) is 11.1 Å². The lowest BCUT2D eigenvalue weighted by Crippen LogP contribution is -2.30. The van der Waals surface area contributed by atoms with Crippen molar-refractivity contribution in [2.45, 2.75) is 44.0 Å². The standard InChI is InChI=1S/C28H33NO5S/c1-8-17(13-16(2)3)28(31)29-21-11-9-18-14-23(32-4)26(33-5)27(34-6)25(18)19-10-12-24(35-7)22(30)15-20(19)21/h10,12-15,21H,2,8-9,11H2,1,3-7H3,(H,29,31)/t21-/m0/s1. The van der Waals surface area contributed by atoms with Gasteiger partial charge in [-0.25, -0.2) is 0 Å². The van der Waals surface area contributed by atoms with Crippen LogP contribution in [-0.2, 0) is 11.2 Å². The summed E-state index contributed by atoms with van der Waals surface area (Å²) >= 11 is 1.39. The molecule has 1 N–H and O–H groups in total. The van der Waals surface area contributed by atoms with E-state index in [9.17, 15) is 9.59 Å². The summed E-state index contributed by atoms with van der Waals surface area (Å²) in [5.41, 5.74) is 4.78. The van der Waals surface area contributed by atoms with Crippen molar-refractivity contribution >= 4 is 17.7 Å². The smallest absolute Gasteiger partial charge is 0.247 e. The number of amides is 1. The number of carbonyl (C=O) groups is 1. The predicted octanol–water partition coefficient (Wildman–Crippen LogP) is 5.48. The van der Waals surface area contributed by atoms with Crippen LogP contribution in [0, 0.1) is 0 Å². The Balaban J connectivity index is 2.29. The molecule has 2 aromatic rings. The Hall–Kier alpha value is -3.19. The molecule has 0 saturated carbocycles. The lowest BCUT2D eigenvalue weighted by atomic mass is 9.95. The second kappa shape index (κ2) is 11.5. The summed E-state index contributed by atoms with van der Waals surface area (Å²) in [4.78, 5) is 26.9. The Bertz CT molecular complexity index is 1230. The van der Waals surface area contributed by atoms with Gasteiger partial charge in [0.05, 0.1) is 32.3 Å². The fourth-order valence-electron chi connectivity index (χ4n) is 4.49. The van der Waals surface area contributed by atoms with Crippen LogP contribution in [0.5, 0.6) is 17.2 Å². The minimum absolute atomic E-state index is 0.0888. The van der Waals surface area contributed by atoms with Gasteiger partial charge in [-0.1, -0.05) is 31.2 Å². The minimum atomic E-state index is -0.374. The number of fused-ring (bicyclic) bond motifs is 3. The highest BCUT2D eigenvalue weighted by molar-refractivity contribution is 7.98. The number of ether oxygens (including phenoxy) is 3. The highest BCUT2D eigenvalue weighted by Gasteiger charge is 2.30. The zero-order valence-electron chi connectivity index (χ0n) is 21.2. The van der Waals surface area contributed by atoms with Gasteiger partial charge in [-0.2, -0.15) is 0 Å². The Labute approximate surface area is 211 Å². The van der Waals surface area contributed by atoms with E-state index in [0.29, 0.717) is 47.0 Å². The number of carbonyl (C=O) groups excluding carboxylic acids is 1. The Morgan fingerprint density at radius 2 is 1.89 bits per heavy atom. The predicted molar refractivity (Wildman–Crippen MR) is 142 cm³/mol. The van der Waals surface area contributed by atoms with Gasteiger partial charge >= 0.3 is 0 Å². The summed E-state index contributed by atoms with van der Waals surface area (Å²) in [5.74, 6) is 1.43. The van der Waals surface area contributed by atoms with E-state index in [-0.39, 0.29) is 17.4 Å². The van der Waals surface area contributed by atoms with Crippen LogP contribution < -0.4 is 25.0 Å². The first kappa shape index (κ1) is 26.4. The lowest BCUT2D eigenvalue weighted by molar-refractivity contribution is -0.118. The van der Waals surface area contributed by atoms with Crippen LogP contribution in [0.1, 0.15) is 43.9 Å². The van der Waals surface area contributed by atoms with E-state index in [4.69, 9.17) is 14.2 Å². The quantitative estimate of drug-likeness (QED) is 0.297. The number of nitrogens with one attached hydrogen (secondary N) is 1. The molecule has 0 aromatic heterocycles. The molecule has 0 aliphatic heterocycles. The average Bonchev–Trinajstić information content (AvgIpc) is 3.09. The third kappa shape index (κ3) is 5.40. The second-order valence-electron chi connectivity index (χ2n) is 8.39. The van der Waals surface area contributed by atoms with Crippen LogP contribution in [0.4, 0.5) is 0 Å². The molecule has 1 atom stereocenters. The third-order valence-corrected chi connectivity index (χ3v) is 6.90. The normalized spacial score (nSPS) is 14.8. The minimum Gasteiger partial charge on any atom is -0.493 e. The van der Waals surface area contributed by atoms with Crippen LogP contribution >= 0.6 is 11.8 Å². The van der Waals surface area contributed by atoms with Crippen molar-refractivity contribution in [2.24, 2.45) is 0 Å². The van der Waals surface area contributed by atoms with Crippen molar-refractivity contribution < 1.29 is 19.0 Å². The zero-order valence-corrected chi connectivity index (χ0v) is 22.1. The highest BCUT2D eigenvalue weighted by Crippen LogP contribution is 2.50. The number of allylic oxidation sites excluding steroid dienone is 2. The maximum Gasteiger partial charge on any atom is 0.247 e. The van der Waals surface area contributed by atoms with Gasteiger partial charge in [-0.05, 0) is 67.3 Å². The van der Waals surface area contributed by atoms with Crippen LogP contribution in [0.15, 0.2) is 57.8 Å². The van der Waals surface area contributed by atoms with Gasteiger partial charge in [0.15, 0.2) is 16.9 Å². The van der Waals surface area contributed by atoms with Crippen LogP contribution in [-0.4, -0.2) is 33.5 Å². The molecule has 1 amide bonds. The number of hydrogen-bond donors (Lipinski definition) is 1. The molecule has 1 aliphatic carbocycles. The van der Waals surface area contributed by atoms with E-state index in [2.05, 4.69) is 11.9 Å². The van der Waals surface area contributed by atoms with E-state index in [1.807, 2.05) is 38.3 Å². The number of rotatable bonds is 8. The van der Waals surface area contributed by atoms with Crippen molar-refractivity contribution in [3.05, 3.63) is 69.4 Å². The molecule has 0 spiro atoms. The third-order valence-electron chi connectivity index (χ3n) is 6.12. The number of benzene rings is 1. The summed E-state index contributed by atoms with van der Waals surface area (Å²) < 4.78 is 17.1. The molecule has 186 valence electrons. The maximum atomic E-state index is 13.2. The second-order valence-corrected chi connectivity index (χ2v) is 9.24. The number of thioether (sulfide) groups is 1. The lowest BCUT2D eigenvalue weighted by Gasteiger charge is -2.20. The van der Waals surface area contributed by atoms with Gasteiger partial charge in [0.2, 0.25) is 11.7 Å².